The highest BCUT2D eigenvalue weighted by atomic mass is 32.2. The Hall–Kier alpha value is -10.3. The molecule has 10 amide bonds. The van der Waals surface area contributed by atoms with Gasteiger partial charge in [0.05, 0.1) is 45.6 Å². The van der Waals surface area contributed by atoms with E-state index >= 15 is 0 Å². The van der Waals surface area contributed by atoms with Gasteiger partial charge in [0, 0.05) is 72.6 Å². The summed E-state index contributed by atoms with van der Waals surface area (Å²) in [6.45, 7) is 0.513. The van der Waals surface area contributed by atoms with Crippen molar-refractivity contribution in [1.29, 1.82) is 0 Å². The predicted molar refractivity (Wildman–Crippen MR) is 434 cm³/mol. The molecule has 25 N–H and O–H groups in total. The zero-order valence-corrected chi connectivity index (χ0v) is 67.7. The van der Waals surface area contributed by atoms with Crippen LogP contribution in [0, 0.1) is 11.8 Å². The Labute approximate surface area is 681 Å². The second-order valence-electron chi connectivity index (χ2n) is 28.4. The standard InChI is InChI=1S/C77H114N18O19S2/c1-108-59-33-42(34-60(109-2)67(59)110-3)64-45-35-57-58(113-41-112-57)36-46(45)66(47-38-111-76(107)65(47)64)114-63(98)40-116-39-48(81)69(100)86-30-24-62(97)89-51(22-15-29-87-77(84)85)70(101)91-52(19-7-8-23-61(82)96)72(103)94-55(25-31-115-4)74(105)92-54(21-11-14-28-80)73(104)95-56(32-43-37-88-49-17-6-5-16-44(43)49)75(106)93-53(20-10-13-27-79)71(102)90-50(68(83)99)18-9-12-26-78/h5-6,16-17,33-37,47-48,50-56,64-66,88H,7-15,18-32,38-41,78-81H2,1-4H3,(H2,82,96)(H2,83,99)(H,86,100)(H,89,97)(H,90,102)(H,91,101)(H,92,105)(H,93,106)(H,94,103)(H,95,104)(H4,84,85,87)/t47-,48-,50-,51-,52-,53-,54-,55-,56-,64+,65-,66-/m0/s1. The average Bonchev–Trinajstić information content (AvgIpc) is 1.56. The van der Waals surface area contributed by atoms with Crippen LogP contribution in [0.25, 0.3) is 10.9 Å². The zero-order valence-electron chi connectivity index (χ0n) is 66.1. The van der Waals surface area contributed by atoms with Gasteiger partial charge >= 0.3 is 11.9 Å². The number of rotatable bonds is 53. The Morgan fingerprint density at radius 1 is 0.595 bits per heavy atom. The smallest absolute Gasteiger partial charge is 0.316 e. The second-order valence-corrected chi connectivity index (χ2v) is 30.4. The quantitative estimate of drug-likeness (QED) is 0.0113. The number of para-hydroxylation sites is 1. The number of cyclic esters (lactones) is 1. The van der Waals surface area contributed by atoms with Crippen molar-refractivity contribution in [2.45, 2.75) is 176 Å². The van der Waals surface area contributed by atoms with E-state index < -0.39 is 143 Å². The first-order valence-corrected chi connectivity index (χ1v) is 41.4. The van der Waals surface area contributed by atoms with E-state index in [0.717, 1.165) is 22.7 Å². The summed E-state index contributed by atoms with van der Waals surface area (Å²) in [6.07, 6.45) is 5.30. The molecule has 0 unspecified atom stereocenters. The topological polar surface area (TPSA) is 602 Å². The summed E-state index contributed by atoms with van der Waals surface area (Å²) in [5.74, 6) is -9.21. The van der Waals surface area contributed by atoms with Crippen LogP contribution in [-0.2, 0) is 73.4 Å². The highest BCUT2D eigenvalue weighted by Gasteiger charge is 2.54. The minimum atomic E-state index is -1.41. The first-order valence-electron chi connectivity index (χ1n) is 38.9. The lowest BCUT2D eigenvalue weighted by Crippen LogP contribution is -2.60. The van der Waals surface area contributed by atoms with Crippen LogP contribution in [0.15, 0.2) is 59.7 Å². The van der Waals surface area contributed by atoms with Gasteiger partial charge in [0.1, 0.15) is 48.4 Å². The van der Waals surface area contributed by atoms with Crippen LogP contribution in [0.5, 0.6) is 28.7 Å². The van der Waals surface area contributed by atoms with Gasteiger partial charge in [-0.2, -0.15) is 11.8 Å². The molecule has 4 aromatic rings. The molecular formula is C77H114N18O19S2. The lowest BCUT2D eigenvalue weighted by Gasteiger charge is -2.38. The number of primary amides is 2. The number of nitrogens with two attached hydrogens (primary N) is 8. The van der Waals surface area contributed by atoms with Crippen LogP contribution in [0.2, 0.25) is 0 Å². The number of hydrogen-bond acceptors (Lipinski definition) is 26. The molecule has 3 aromatic carbocycles. The third kappa shape index (κ3) is 27.4. The van der Waals surface area contributed by atoms with Crippen molar-refractivity contribution in [3.05, 3.63) is 77.0 Å². The normalized spacial score (nSPS) is 17.1. The molecule has 39 heteroatoms. The summed E-state index contributed by atoms with van der Waals surface area (Å²) in [4.78, 5) is 174. The lowest BCUT2D eigenvalue weighted by molar-refractivity contribution is -0.151. The number of hydrogen-bond donors (Lipinski definition) is 17. The molecule has 37 nitrogen and oxygen atoms in total. The molecule has 638 valence electrons. The first kappa shape index (κ1) is 92.8. The van der Waals surface area contributed by atoms with Gasteiger partial charge in [-0.05, 0) is 169 Å². The van der Waals surface area contributed by atoms with Crippen molar-refractivity contribution in [3.63, 3.8) is 0 Å². The maximum absolute atomic E-state index is 14.9. The minimum Gasteiger partial charge on any atom is -0.493 e. The van der Waals surface area contributed by atoms with E-state index in [1.807, 2.05) is 18.2 Å². The molecule has 12 atom stereocenters. The van der Waals surface area contributed by atoms with Gasteiger partial charge in [0.15, 0.2) is 29.0 Å². The van der Waals surface area contributed by atoms with Crippen LogP contribution < -0.4 is 112 Å². The number of thioether (sulfide) groups is 2. The van der Waals surface area contributed by atoms with E-state index in [9.17, 15) is 57.5 Å². The number of aromatic nitrogens is 1. The number of methoxy groups -OCH3 is 3. The number of carbonyl (C=O) groups is 12. The third-order valence-corrected chi connectivity index (χ3v) is 21.7. The Kier molecular flexibility index (Phi) is 38.1. The Morgan fingerprint density at radius 3 is 1.66 bits per heavy atom. The molecule has 116 heavy (non-hydrogen) atoms. The number of aromatic amines is 1. The van der Waals surface area contributed by atoms with E-state index in [-0.39, 0.29) is 134 Å². The Bertz CT molecular complexity index is 4030. The molecule has 3 heterocycles. The van der Waals surface area contributed by atoms with Gasteiger partial charge in [0.25, 0.3) is 0 Å². The summed E-state index contributed by atoms with van der Waals surface area (Å²) in [7, 11) is 4.43. The largest absolute Gasteiger partial charge is 0.493 e. The van der Waals surface area contributed by atoms with E-state index in [0.29, 0.717) is 102 Å². The molecule has 0 radical (unpaired) electrons. The first-order chi connectivity index (χ1) is 55.8. The van der Waals surface area contributed by atoms with Crippen molar-refractivity contribution < 1.29 is 90.7 Å². The SMILES string of the molecule is COc1cc([C@@H]2c3cc4c(cc3[C@H](OC(=O)CSC[C@H](N)C(=O)NCCC(=O)N[C@@H](CCCN=C(N)N)C(=O)N[C@@H](CCCCC(N)=O)C(=O)N[C@@H](CCSC)C(=O)N[C@@H](CCCCN)C(=O)N[C@@H](Cc3c[nH]c5ccccc35)C(=O)N[C@@H](CCCCN)C(=O)N[C@@H](CCCCN)C(N)=O)[C@H]3COC(=O)[C@H]23)OCO4)cc(OC)c1OC. The number of carbonyl (C=O) groups excluding carboxylic acids is 12. The molecule has 0 spiro atoms. The number of ether oxygens (including phenoxy) is 7. The van der Waals surface area contributed by atoms with E-state index in [1.54, 1.807) is 42.8 Å². The van der Waals surface area contributed by atoms with Crippen LogP contribution in [0.4, 0.5) is 0 Å². The van der Waals surface area contributed by atoms with Crippen molar-refractivity contribution in [1.82, 2.24) is 47.5 Å². The number of nitrogens with one attached hydrogen (secondary N) is 9. The van der Waals surface area contributed by atoms with Crippen LogP contribution in [0.3, 0.4) is 0 Å². The number of benzene rings is 3. The fourth-order valence-corrected chi connectivity index (χ4v) is 15.2. The van der Waals surface area contributed by atoms with Crippen molar-refractivity contribution in [2.75, 3.05) is 91.0 Å². The maximum Gasteiger partial charge on any atom is 0.316 e. The molecule has 0 saturated carbocycles. The predicted octanol–water partition coefficient (Wildman–Crippen LogP) is -0.631. The van der Waals surface area contributed by atoms with Crippen LogP contribution in [-0.4, -0.2) is 221 Å². The number of guanidine groups is 1. The highest BCUT2D eigenvalue weighted by molar-refractivity contribution is 8.00. The zero-order chi connectivity index (χ0) is 84.4. The van der Waals surface area contributed by atoms with Crippen LogP contribution in [0.1, 0.15) is 143 Å². The fourth-order valence-electron chi connectivity index (χ4n) is 14.0. The molecule has 0 bridgehead atoms. The van der Waals surface area contributed by atoms with Gasteiger partial charge in [-0.15, -0.1) is 11.8 Å². The number of aliphatic imine (C=N–C) groups is 1. The number of H-pyrrole nitrogens is 1. The van der Waals surface area contributed by atoms with Crippen molar-refractivity contribution >= 4 is 111 Å². The van der Waals surface area contributed by atoms with Crippen LogP contribution >= 0.6 is 23.5 Å². The molecular weight excluding hydrogens is 1550 g/mol. The Morgan fingerprint density at radius 2 is 1.11 bits per heavy atom. The van der Waals surface area contributed by atoms with E-state index in [1.165, 1.54) is 33.1 Å². The molecule has 1 fully saturated rings. The lowest BCUT2D eigenvalue weighted by atomic mass is 9.66. The average molecular weight is 1660 g/mol. The number of nitrogens with zero attached hydrogens (tertiary/aromatic N) is 1. The highest BCUT2D eigenvalue weighted by Crippen LogP contribution is 2.57. The fraction of sp³-hybridized carbons (Fsp3) is 0.571. The van der Waals surface area contributed by atoms with Crippen molar-refractivity contribution in [2.24, 2.45) is 62.7 Å². The third-order valence-electron chi connectivity index (χ3n) is 20.1. The number of amides is 10. The van der Waals surface area contributed by atoms with Gasteiger partial charge in [-0.25, -0.2) is 0 Å². The van der Waals surface area contributed by atoms with Gasteiger partial charge in [-0.1, -0.05) is 24.6 Å². The summed E-state index contributed by atoms with van der Waals surface area (Å²) >= 11 is 2.36. The van der Waals surface area contributed by atoms with Crippen molar-refractivity contribution in [3.8, 4) is 28.7 Å². The minimum absolute atomic E-state index is 0.00905. The summed E-state index contributed by atoms with van der Waals surface area (Å²) < 4.78 is 40.3. The number of fused-ring (bicyclic) bond motifs is 4. The van der Waals surface area contributed by atoms with E-state index in [2.05, 4.69) is 52.5 Å². The molecule has 2 aliphatic heterocycles. The van der Waals surface area contributed by atoms with Gasteiger partial charge in [-0.3, -0.25) is 62.5 Å². The molecule has 7 rings (SSSR count). The summed E-state index contributed by atoms with van der Waals surface area (Å²) in [5, 5.41) is 22.6. The molecule has 1 aliphatic carbocycles. The molecule has 1 aromatic heterocycles. The molecule has 1 saturated heterocycles. The Balaban J connectivity index is 1.01. The van der Waals surface area contributed by atoms with Gasteiger partial charge < -0.3 is 127 Å². The second kappa shape index (κ2) is 47.6. The summed E-state index contributed by atoms with van der Waals surface area (Å²) in [5.41, 5.74) is 49.3. The number of esters is 2. The summed E-state index contributed by atoms with van der Waals surface area (Å²) in [6, 6.07) is 3.98. The monoisotopic (exact) mass is 1660 g/mol. The number of unbranched alkanes of at least 4 members (excludes halogenated alkanes) is 4. The maximum atomic E-state index is 14.9. The van der Waals surface area contributed by atoms with E-state index in [4.69, 9.17) is 79.0 Å². The van der Waals surface area contributed by atoms with Gasteiger partial charge in [0.2, 0.25) is 71.6 Å². The molecule has 3 aliphatic rings.